The molecule has 4 rings (SSSR count). The van der Waals surface area contributed by atoms with Gasteiger partial charge in [0.2, 0.25) is 0 Å². The molecule has 1 unspecified atom stereocenters. The summed E-state index contributed by atoms with van der Waals surface area (Å²) in [6, 6.07) is 4.30. The molecule has 1 atom stereocenters. The van der Waals surface area contributed by atoms with E-state index in [1.165, 1.54) is 37.7 Å². The summed E-state index contributed by atoms with van der Waals surface area (Å²) in [4.78, 5) is 4.24. The van der Waals surface area contributed by atoms with Gasteiger partial charge in [-0.25, -0.2) is 4.98 Å². The Bertz CT molecular complexity index is 654. The van der Waals surface area contributed by atoms with Crippen molar-refractivity contribution in [3.8, 4) is 0 Å². The van der Waals surface area contributed by atoms with Crippen molar-refractivity contribution in [3.05, 3.63) is 30.2 Å². The third-order valence-electron chi connectivity index (χ3n) is 4.63. The second-order valence-electron chi connectivity index (χ2n) is 6.11. The number of hydrogen-bond acceptors (Lipinski definition) is 2. The monoisotopic (exact) mass is 288 g/mol. The molecule has 3 nitrogen and oxygen atoms in total. The van der Waals surface area contributed by atoms with E-state index in [1.807, 2.05) is 12.5 Å². The summed E-state index contributed by atoms with van der Waals surface area (Å²) in [7, 11) is -0.892. The third kappa shape index (κ3) is 2.10. The van der Waals surface area contributed by atoms with E-state index in [9.17, 15) is 4.21 Å². The highest BCUT2D eigenvalue weighted by Gasteiger charge is 2.32. The van der Waals surface area contributed by atoms with Crippen molar-refractivity contribution in [2.75, 3.05) is 0 Å². The first-order valence-corrected chi connectivity index (χ1v) is 8.91. The zero-order chi connectivity index (χ0) is 13.5. The van der Waals surface area contributed by atoms with Gasteiger partial charge in [-0.2, -0.15) is 0 Å². The van der Waals surface area contributed by atoms with Gasteiger partial charge in [-0.3, -0.25) is 8.61 Å². The minimum absolute atomic E-state index is 0.342. The highest BCUT2D eigenvalue weighted by molar-refractivity contribution is 7.85. The number of imidazole rings is 1. The van der Waals surface area contributed by atoms with E-state index < -0.39 is 10.8 Å². The molecule has 0 aromatic carbocycles. The Morgan fingerprint density at radius 3 is 2.65 bits per heavy atom. The SMILES string of the molecule is O=S(c1c(C2CC2)ccc2cncn12)C1CCCCC1. The van der Waals surface area contributed by atoms with Crippen LogP contribution in [0.2, 0.25) is 0 Å². The fourth-order valence-electron chi connectivity index (χ4n) is 3.34. The van der Waals surface area contributed by atoms with Crippen molar-refractivity contribution in [2.45, 2.75) is 61.1 Å². The Kier molecular flexibility index (Phi) is 3.14. The molecule has 0 radical (unpaired) electrons. The van der Waals surface area contributed by atoms with Crippen LogP contribution in [-0.2, 0) is 10.8 Å². The molecular weight excluding hydrogens is 268 g/mol. The molecule has 2 aliphatic rings. The normalized spacial score (nSPS) is 22.2. The summed E-state index contributed by atoms with van der Waals surface area (Å²) in [6.07, 6.45) is 12.2. The summed E-state index contributed by atoms with van der Waals surface area (Å²) >= 11 is 0. The van der Waals surface area contributed by atoms with Crippen molar-refractivity contribution in [2.24, 2.45) is 0 Å². The Hall–Kier alpha value is -1.16. The number of fused-ring (bicyclic) bond motifs is 1. The molecule has 2 aliphatic carbocycles. The highest BCUT2D eigenvalue weighted by Crippen LogP contribution is 2.43. The first kappa shape index (κ1) is 12.6. The maximum atomic E-state index is 13.1. The standard InChI is InChI=1S/C16H20N2OS/c19-20(14-4-2-1-3-5-14)16-15(12-6-7-12)9-8-13-10-17-11-18(13)16/h8-12,14H,1-7H2. The van der Waals surface area contributed by atoms with E-state index in [0.29, 0.717) is 11.2 Å². The van der Waals surface area contributed by atoms with Gasteiger partial charge >= 0.3 is 0 Å². The summed E-state index contributed by atoms with van der Waals surface area (Å²) in [5, 5.41) is 1.38. The average molecular weight is 288 g/mol. The van der Waals surface area contributed by atoms with Crippen LogP contribution in [0.5, 0.6) is 0 Å². The smallest absolute Gasteiger partial charge is 0.116 e. The lowest BCUT2D eigenvalue weighted by molar-refractivity contribution is 0.503. The van der Waals surface area contributed by atoms with Crippen LogP contribution >= 0.6 is 0 Å². The highest BCUT2D eigenvalue weighted by atomic mass is 32.2. The number of aromatic nitrogens is 2. The zero-order valence-electron chi connectivity index (χ0n) is 11.6. The summed E-state index contributed by atoms with van der Waals surface area (Å²) < 4.78 is 15.2. The van der Waals surface area contributed by atoms with Gasteiger partial charge in [0.25, 0.3) is 0 Å². The van der Waals surface area contributed by atoms with E-state index >= 15 is 0 Å². The average Bonchev–Trinajstić information content (AvgIpc) is 3.23. The Labute approximate surface area is 121 Å². The van der Waals surface area contributed by atoms with E-state index in [1.54, 1.807) is 0 Å². The molecule has 0 spiro atoms. The molecule has 2 fully saturated rings. The van der Waals surface area contributed by atoms with Crippen LogP contribution in [0.4, 0.5) is 0 Å². The molecule has 4 heteroatoms. The van der Waals surface area contributed by atoms with Crippen LogP contribution in [0.15, 0.2) is 29.7 Å². The van der Waals surface area contributed by atoms with Crippen molar-refractivity contribution in [1.82, 2.24) is 9.38 Å². The lowest BCUT2D eigenvalue weighted by Crippen LogP contribution is -2.21. The van der Waals surface area contributed by atoms with Crippen molar-refractivity contribution < 1.29 is 4.21 Å². The maximum absolute atomic E-state index is 13.1. The van der Waals surface area contributed by atoms with Crippen LogP contribution in [0.3, 0.4) is 0 Å². The molecule has 0 bridgehead atoms. The molecule has 2 saturated carbocycles. The molecule has 0 N–H and O–H groups in total. The number of rotatable bonds is 3. The number of nitrogens with zero attached hydrogens (tertiary/aromatic N) is 2. The van der Waals surface area contributed by atoms with Crippen molar-refractivity contribution in [3.63, 3.8) is 0 Å². The minimum Gasteiger partial charge on any atom is -0.291 e. The number of hydrogen-bond donors (Lipinski definition) is 0. The minimum atomic E-state index is -0.892. The van der Waals surface area contributed by atoms with E-state index in [2.05, 4.69) is 21.5 Å². The fourth-order valence-corrected chi connectivity index (χ4v) is 5.23. The first-order valence-electron chi connectivity index (χ1n) is 7.70. The van der Waals surface area contributed by atoms with Gasteiger partial charge in [0, 0.05) is 5.25 Å². The predicted molar refractivity (Wildman–Crippen MR) is 80.4 cm³/mol. The third-order valence-corrected chi connectivity index (χ3v) is 6.52. The molecular formula is C16H20N2OS. The topological polar surface area (TPSA) is 34.4 Å². The van der Waals surface area contributed by atoms with Crippen LogP contribution in [0.25, 0.3) is 5.52 Å². The molecule has 20 heavy (non-hydrogen) atoms. The van der Waals surface area contributed by atoms with E-state index in [0.717, 1.165) is 23.4 Å². The molecule has 2 aromatic rings. The fraction of sp³-hybridized carbons (Fsp3) is 0.562. The maximum Gasteiger partial charge on any atom is 0.116 e. The number of pyridine rings is 1. The molecule has 2 heterocycles. The first-order chi connectivity index (χ1) is 9.84. The van der Waals surface area contributed by atoms with Crippen LogP contribution in [0, 0.1) is 0 Å². The van der Waals surface area contributed by atoms with Crippen molar-refractivity contribution >= 4 is 16.3 Å². The molecule has 0 aliphatic heterocycles. The van der Waals surface area contributed by atoms with Gasteiger partial charge in [0.15, 0.2) is 0 Å². The van der Waals surface area contributed by atoms with Gasteiger partial charge in [-0.15, -0.1) is 0 Å². The summed E-state index contributed by atoms with van der Waals surface area (Å²) in [6.45, 7) is 0. The van der Waals surface area contributed by atoms with Crippen LogP contribution in [0.1, 0.15) is 56.4 Å². The second-order valence-corrected chi connectivity index (χ2v) is 7.76. The van der Waals surface area contributed by atoms with Crippen LogP contribution in [-0.4, -0.2) is 18.8 Å². The summed E-state index contributed by atoms with van der Waals surface area (Å²) in [5.41, 5.74) is 2.37. The largest absolute Gasteiger partial charge is 0.291 e. The van der Waals surface area contributed by atoms with Gasteiger partial charge in [0.05, 0.1) is 22.5 Å². The van der Waals surface area contributed by atoms with Gasteiger partial charge in [0.1, 0.15) is 11.4 Å². The molecule has 106 valence electrons. The zero-order valence-corrected chi connectivity index (χ0v) is 12.4. The Morgan fingerprint density at radius 1 is 1.10 bits per heavy atom. The van der Waals surface area contributed by atoms with E-state index in [-0.39, 0.29) is 0 Å². The lowest BCUT2D eigenvalue weighted by atomic mass is 10.0. The van der Waals surface area contributed by atoms with E-state index in [4.69, 9.17) is 0 Å². The van der Waals surface area contributed by atoms with Gasteiger partial charge in [-0.1, -0.05) is 25.3 Å². The molecule has 0 amide bonds. The van der Waals surface area contributed by atoms with Gasteiger partial charge in [-0.05, 0) is 43.2 Å². The second kappa shape index (κ2) is 4.99. The Morgan fingerprint density at radius 2 is 1.90 bits per heavy atom. The quantitative estimate of drug-likeness (QED) is 0.864. The van der Waals surface area contributed by atoms with Gasteiger partial charge < -0.3 is 0 Å². The molecule has 0 saturated heterocycles. The Balaban J connectivity index is 1.81. The summed E-state index contributed by atoms with van der Waals surface area (Å²) in [5.74, 6) is 0.629. The van der Waals surface area contributed by atoms with Crippen LogP contribution < -0.4 is 0 Å². The molecule has 2 aromatic heterocycles. The van der Waals surface area contributed by atoms with Crippen molar-refractivity contribution in [1.29, 1.82) is 0 Å². The lowest BCUT2D eigenvalue weighted by Gasteiger charge is -2.22. The predicted octanol–water partition coefficient (Wildman–Crippen LogP) is 3.65.